The van der Waals surface area contributed by atoms with E-state index >= 15 is 0 Å². The summed E-state index contributed by atoms with van der Waals surface area (Å²) in [6, 6.07) is 85.0. The van der Waals surface area contributed by atoms with Crippen LogP contribution in [0.1, 0.15) is 36.8 Å². The molecule has 63 heavy (non-hydrogen) atoms. The molecule has 1 saturated carbocycles. The Morgan fingerprint density at radius 1 is 0.302 bits per heavy atom. The molecule has 300 valence electrons. The molecule has 0 saturated heterocycles. The van der Waals surface area contributed by atoms with E-state index in [1.807, 2.05) is 0 Å². The van der Waals surface area contributed by atoms with Crippen molar-refractivity contribution in [2.45, 2.75) is 31.1 Å². The number of hydrogen-bond donors (Lipinski definition) is 0. The molecule has 0 amide bonds. The van der Waals surface area contributed by atoms with Crippen LogP contribution in [0.2, 0.25) is 0 Å². The molecule has 12 rings (SSSR count). The molecule has 10 aromatic carbocycles. The number of hydrogen-bond acceptors (Lipinski definition) is 2. The average Bonchev–Trinajstić information content (AvgIpc) is 3.96. The lowest BCUT2D eigenvalue weighted by Gasteiger charge is -2.30. The molecule has 2 heteroatoms. The second kappa shape index (κ2) is 15.3. The van der Waals surface area contributed by atoms with Crippen molar-refractivity contribution in [3.05, 3.63) is 242 Å². The van der Waals surface area contributed by atoms with Crippen molar-refractivity contribution in [3.63, 3.8) is 0 Å². The summed E-state index contributed by atoms with van der Waals surface area (Å²) < 4.78 is 0. The van der Waals surface area contributed by atoms with E-state index in [9.17, 15) is 0 Å². The number of rotatable bonds is 8. The number of anilines is 6. The standard InChI is InChI=1S/C61H46N2/c1-2-13-43(14-3-1)45-23-30-50(31-24-45)62(54-37-38-57-56-20-8-9-21-58(56)61(59(57)42-54)39-10-11-40-61)51-32-25-46(26-33-51)47-27-34-52(35-28-47)63(53-36-29-44-15-4-5-17-49(44)41-53)60-22-12-18-48-16-6-7-19-55(48)60/h1-9,12-38,41-42H,10-11,39-40H2. The highest BCUT2D eigenvalue weighted by atomic mass is 15.1. The van der Waals surface area contributed by atoms with Crippen LogP contribution in [-0.4, -0.2) is 0 Å². The number of nitrogens with zero attached hydrogens (tertiary/aromatic N) is 2. The summed E-state index contributed by atoms with van der Waals surface area (Å²) >= 11 is 0. The molecule has 2 aliphatic carbocycles. The summed E-state index contributed by atoms with van der Waals surface area (Å²) in [5.41, 5.74) is 17.6. The van der Waals surface area contributed by atoms with Gasteiger partial charge in [0, 0.05) is 39.2 Å². The largest absolute Gasteiger partial charge is 0.310 e. The monoisotopic (exact) mass is 806 g/mol. The first-order chi connectivity index (χ1) is 31.2. The minimum absolute atomic E-state index is 0.0955. The highest BCUT2D eigenvalue weighted by Crippen LogP contribution is 2.58. The Balaban J connectivity index is 0.919. The van der Waals surface area contributed by atoms with Crippen LogP contribution in [0.25, 0.3) is 54.9 Å². The molecule has 2 nitrogen and oxygen atoms in total. The Hall–Kier alpha value is -7.68. The van der Waals surface area contributed by atoms with Gasteiger partial charge < -0.3 is 9.80 Å². The van der Waals surface area contributed by atoms with Gasteiger partial charge in [0.25, 0.3) is 0 Å². The Bertz CT molecular complexity index is 3260. The van der Waals surface area contributed by atoms with Crippen molar-refractivity contribution < 1.29 is 0 Å². The maximum absolute atomic E-state index is 2.51. The van der Waals surface area contributed by atoms with Crippen molar-refractivity contribution in [3.8, 4) is 33.4 Å². The van der Waals surface area contributed by atoms with Crippen LogP contribution in [0.3, 0.4) is 0 Å². The molecular formula is C61H46N2. The molecule has 0 N–H and O–H groups in total. The Kier molecular flexibility index (Phi) is 9.04. The van der Waals surface area contributed by atoms with Gasteiger partial charge in [0.2, 0.25) is 0 Å². The van der Waals surface area contributed by atoms with Gasteiger partial charge >= 0.3 is 0 Å². The maximum Gasteiger partial charge on any atom is 0.0540 e. The fraction of sp³-hybridized carbons (Fsp3) is 0.0820. The molecule has 0 atom stereocenters. The molecule has 0 aliphatic heterocycles. The van der Waals surface area contributed by atoms with E-state index in [0.29, 0.717) is 0 Å². The quantitative estimate of drug-likeness (QED) is 0.151. The second-order valence-corrected chi connectivity index (χ2v) is 17.3. The summed E-state index contributed by atoms with van der Waals surface area (Å²) in [5.74, 6) is 0. The summed E-state index contributed by atoms with van der Waals surface area (Å²) in [6.45, 7) is 0. The second-order valence-electron chi connectivity index (χ2n) is 17.3. The minimum atomic E-state index is 0.0955. The van der Waals surface area contributed by atoms with Crippen molar-refractivity contribution in [2.24, 2.45) is 0 Å². The normalized spacial score (nSPS) is 13.6. The van der Waals surface area contributed by atoms with Gasteiger partial charge in [-0.05, 0) is 140 Å². The number of fused-ring (bicyclic) bond motifs is 7. The van der Waals surface area contributed by atoms with Crippen molar-refractivity contribution in [2.75, 3.05) is 9.80 Å². The van der Waals surface area contributed by atoms with Crippen LogP contribution in [0.5, 0.6) is 0 Å². The molecule has 0 unspecified atom stereocenters. The van der Waals surface area contributed by atoms with Gasteiger partial charge in [-0.25, -0.2) is 0 Å². The van der Waals surface area contributed by atoms with Crippen LogP contribution in [-0.2, 0) is 5.41 Å². The van der Waals surface area contributed by atoms with Crippen molar-refractivity contribution >= 4 is 55.7 Å². The molecular weight excluding hydrogens is 761 g/mol. The van der Waals surface area contributed by atoms with Gasteiger partial charge in [-0.2, -0.15) is 0 Å². The van der Waals surface area contributed by atoms with Gasteiger partial charge in [0.15, 0.2) is 0 Å². The van der Waals surface area contributed by atoms with Crippen LogP contribution >= 0.6 is 0 Å². The summed E-state index contributed by atoms with van der Waals surface area (Å²) in [6.07, 6.45) is 4.97. The Morgan fingerprint density at radius 3 is 1.49 bits per heavy atom. The molecule has 0 radical (unpaired) electrons. The first-order valence-corrected chi connectivity index (χ1v) is 22.4. The molecule has 1 spiro atoms. The van der Waals surface area contributed by atoms with E-state index in [2.05, 4.69) is 240 Å². The lowest BCUT2D eigenvalue weighted by atomic mass is 9.76. The predicted octanol–water partition coefficient (Wildman–Crippen LogP) is 17.1. The third kappa shape index (κ3) is 6.41. The van der Waals surface area contributed by atoms with Gasteiger partial charge in [0.1, 0.15) is 0 Å². The van der Waals surface area contributed by atoms with Gasteiger partial charge in [-0.15, -0.1) is 0 Å². The lowest BCUT2D eigenvalue weighted by Crippen LogP contribution is -2.21. The molecule has 2 aliphatic rings. The van der Waals surface area contributed by atoms with E-state index in [1.165, 1.54) is 97.4 Å². The Labute approximate surface area is 370 Å². The molecule has 0 heterocycles. The first kappa shape index (κ1) is 37.1. The maximum atomic E-state index is 2.51. The van der Waals surface area contributed by atoms with Crippen molar-refractivity contribution in [1.82, 2.24) is 0 Å². The average molecular weight is 807 g/mol. The zero-order chi connectivity index (χ0) is 41.7. The molecule has 0 aromatic heterocycles. The van der Waals surface area contributed by atoms with Gasteiger partial charge in [0.05, 0.1) is 5.69 Å². The summed E-state index contributed by atoms with van der Waals surface area (Å²) in [5, 5.41) is 4.90. The zero-order valence-electron chi connectivity index (χ0n) is 35.2. The summed E-state index contributed by atoms with van der Waals surface area (Å²) in [7, 11) is 0. The van der Waals surface area contributed by atoms with E-state index < -0.39 is 0 Å². The van der Waals surface area contributed by atoms with Crippen molar-refractivity contribution in [1.29, 1.82) is 0 Å². The Morgan fingerprint density at radius 2 is 0.794 bits per heavy atom. The van der Waals surface area contributed by atoms with Crippen LogP contribution < -0.4 is 9.80 Å². The topological polar surface area (TPSA) is 6.48 Å². The molecule has 0 bridgehead atoms. The third-order valence-electron chi connectivity index (χ3n) is 13.8. The van der Waals surface area contributed by atoms with E-state index in [-0.39, 0.29) is 5.41 Å². The molecule has 10 aromatic rings. The van der Waals surface area contributed by atoms with Gasteiger partial charge in [-0.3, -0.25) is 0 Å². The summed E-state index contributed by atoms with van der Waals surface area (Å²) in [4.78, 5) is 4.84. The van der Waals surface area contributed by atoms with E-state index in [1.54, 1.807) is 0 Å². The van der Waals surface area contributed by atoms with Crippen LogP contribution in [0.4, 0.5) is 34.1 Å². The predicted molar refractivity (Wildman–Crippen MR) is 266 cm³/mol. The first-order valence-electron chi connectivity index (χ1n) is 22.4. The zero-order valence-corrected chi connectivity index (χ0v) is 35.2. The third-order valence-corrected chi connectivity index (χ3v) is 13.8. The molecule has 1 fully saturated rings. The highest BCUT2D eigenvalue weighted by Gasteiger charge is 2.45. The minimum Gasteiger partial charge on any atom is -0.310 e. The van der Waals surface area contributed by atoms with E-state index in [4.69, 9.17) is 0 Å². The smallest absolute Gasteiger partial charge is 0.0540 e. The van der Waals surface area contributed by atoms with E-state index in [0.717, 1.165) is 28.4 Å². The fourth-order valence-electron chi connectivity index (χ4n) is 10.7. The van der Waals surface area contributed by atoms with Crippen LogP contribution in [0.15, 0.2) is 231 Å². The highest BCUT2D eigenvalue weighted by molar-refractivity contribution is 6.00. The lowest BCUT2D eigenvalue weighted by molar-refractivity contribution is 0.550. The fourth-order valence-corrected chi connectivity index (χ4v) is 10.7. The van der Waals surface area contributed by atoms with Crippen LogP contribution in [0, 0.1) is 0 Å². The number of benzene rings is 10. The van der Waals surface area contributed by atoms with Gasteiger partial charge in [-0.1, -0.05) is 177 Å². The SMILES string of the molecule is c1ccc(-c2ccc(N(c3ccc(-c4ccc(N(c5ccc6ccccc6c5)c5cccc6ccccc56)cc4)cc3)c3ccc4c(c3)C3(CCCC3)c3ccccc3-4)cc2)cc1.